The number of carbonyl (C=O) groups is 2. The number of amides is 3. The van der Waals surface area contributed by atoms with Crippen LogP contribution in [0, 0.1) is 5.82 Å². The molecule has 0 bridgehead atoms. The van der Waals surface area contributed by atoms with Gasteiger partial charge in [0, 0.05) is 11.9 Å². The van der Waals surface area contributed by atoms with Crippen LogP contribution in [0.1, 0.15) is 10.4 Å². The number of benzene rings is 2. The molecule has 160 valence electrons. The number of aromatic nitrogens is 1. The molecule has 2 N–H and O–H groups in total. The van der Waals surface area contributed by atoms with Crippen LogP contribution in [-0.2, 0) is 0 Å². The van der Waals surface area contributed by atoms with Crippen LogP contribution >= 0.6 is 58.0 Å². The molecule has 0 atom stereocenters. The zero-order valence-corrected chi connectivity index (χ0v) is 18.8. The second-order valence-electron chi connectivity index (χ2n) is 5.82. The Morgan fingerprint density at radius 2 is 1.61 bits per heavy atom. The van der Waals surface area contributed by atoms with Crippen molar-refractivity contribution in [2.24, 2.45) is 0 Å². The lowest BCUT2D eigenvalue weighted by Gasteiger charge is -2.13. The molecule has 0 aliphatic carbocycles. The Morgan fingerprint density at radius 3 is 2.23 bits per heavy atom. The molecule has 0 aliphatic heterocycles. The molecule has 31 heavy (non-hydrogen) atoms. The number of anilines is 1. The minimum Gasteiger partial charge on any atom is -0.434 e. The zero-order valence-electron chi connectivity index (χ0n) is 15.0. The van der Waals surface area contributed by atoms with E-state index in [1.54, 1.807) is 0 Å². The summed E-state index contributed by atoms with van der Waals surface area (Å²) in [5.41, 5.74) is -0.339. The highest BCUT2D eigenvalue weighted by Crippen LogP contribution is 2.40. The van der Waals surface area contributed by atoms with Gasteiger partial charge in [0.05, 0.1) is 25.7 Å². The molecule has 3 rings (SSSR count). The molecule has 3 aromatic rings. The van der Waals surface area contributed by atoms with E-state index in [0.717, 1.165) is 6.07 Å². The largest absolute Gasteiger partial charge is 0.434 e. The maximum absolute atomic E-state index is 13.8. The van der Waals surface area contributed by atoms with Gasteiger partial charge in [0.15, 0.2) is 5.75 Å². The van der Waals surface area contributed by atoms with Crippen LogP contribution in [0.4, 0.5) is 14.9 Å². The monoisotopic (exact) mass is 521 g/mol. The molecule has 2 aromatic carbocycles. The first-order chi connectivity index (χ1) is 14.7. The number of pyridine rings is 1. The van der Waals surface area contributed by atoms with Crippen LogP contribution in [0.3, 0.4) is 0 Å². The molecule has 1 aromatic heterocycles. The second kappa shape index (κ2) is 9.89. The van der Waals surface area contributed by atoms with Crippen LogP contribution in [0.15, 0.2) is 42.6 Å². The van der Waals surface area contributed by atoms with E-state index in [-0.39, 0.29) is 37.4 Å². The quantitative estimate of drug-likeness (QED) is 0.378. The number of halogens is 6. The van der Waals surface area contributed by atoms with Gasteiger partial charge in [-0.2, -0.15) is 0 Å². The molecule has 0 unspecified atom stereocenters. The maximum atomic E-state index is 13.8. The van der Waals surface area contributed by atoms with Crippen molar-refractivity contribution in [3.05, 3.63) is 79.1 Å². The van der Waals surface area contributed by atoms with E-state index >= 15 is 0 Å². The minimum absolute atomic E-state index is 0.0130. The highest BCUT2D eigenvalue weighted by atomic mass is 35.5. The molecule has 3 amide bonds. The van der Waals surface area contributed by atoms with Crippen LogP contribution in [0.5, 0.6) is 11.6 Å². The first-order valence-electron chi connectivity index (χ1n) is 8.20. The van der Waals surface area contributed by atoms with Crippen molar-refractivity contribution in [3.63, 3.8) is 0 Å². The number of hydrogen-bond donors (Lipinski definition) is 2. The van der Waals surface area contributed by atoms with Crippen LogP contribution < -0.4 is 15.4 Å². The molecule has 0 fully saturated rings. The van der Waals surface area contributed by atoms with Crippen molar-refractivity contribution in [2.75, 3.05) is 5.32 Å². The number of ether oxygens (including phenoxy) is 1. The number of imide groups is 1. The number of nitrogens with one attached hydrogen (secondary N) is 2. The van der Waals surface area contributed by atoms with E-state index in [0.29, 0.717) is 5.02 Å². The van der Waals surface area contributed by atoms with Gasteiger partial charge in [-0.05, 0) is 30.3 Å². The normalized spacial score (nSPS) is 10.5. The third-order valence-corrected chi connectivity index (χ3v) is 5.00. The van der Waals surface area contributed by atoms with Gasteiger partial charge in [-0.3, -0.25) is 10.1 Å². The second-order valence-corrected chi connectivity index (χ2v) is 7.88. The summed E-state index contributed by atoms with van der Waals surface area (Å²) in [5, 5.41) is 4.64. The van der Waals surface area contributed by atoms with Crippen molar-refractivity contribution in [1.82, 2.24) is 10.3 Å². The molecule has 12 heteroatoms. The van der Waals surface area contributed by atoms with Crippen molar-refractivity contribution >= 4 is 75.6 Å². The smallest absolute Gasteiger partial charge is 0.326 e. The fraction of sp³-hybridized carbons (Fsp3) is 0. The van der Waals surface area contributed by atoms with Crippen molar-refractivity contribution < 1.29 is 18.7 Å². The van der Waals surface area contributed by atoms with Crippen molar-refractivity contribution in [3.8, 4) is 11.6 Å². The van der Waals surface area contributed by atoms with E-state index in [1.165, 1.54) is 36.5 Å². The van der Waals surface area contributed by atoms with Gasteiger partial charge in [0.1, 0.15) is 10.8 Å². The SMILES string of the molecule is O=C(NC(=O)c1c(F)cccc1Cl)Nc1cc(Cl)c(Oc2ncc(Cl)cc2Cl)c(Cl)c1. The predicted octanol–water partition coefficient (Wildman–Crippen LogP) is 7.24. The Balaban J connectivity index is 1.74. The highest BCUT2D eigenvalue weighted by Gasteiger charge is 2.19. The number of hydrogen-bond acceptors (Lipinski definition) is 4. The Hall–Kier alpha value is -2.29. The summed E-state index contributed by atoms with van der Waals surface area (Å²) in [6, 6.07) is 6.77. The number of rotatable bonds is 4. The van der Waals surface area contributed by atoms with Gasteiger partial charge in [-0.1, -0.05) is 64.1 Å². The average Bonchev–Trinajstić information content (AvgIpc) is 2.65. The van der Waals surface area contributed by atoms with Gasteiger partial charge in [-0.15, -0.1) is 0 Å². The number of nitrogens with zero attached hydrogens (tertiary/aromatic N) is 1. The first kappa shape index (κ1) is 23.4. The predicted molar refractivity (Wildman–Crippen MR) is 119 cm³/mol. The van der Waals surface area contributed by atoms with Gasteiger partial charge in [0.2, 0.25) is 5.88 Å². The maximum Gasteiger partial charge on any atom is 0.326 e. The summed E-state index contributed by atoms with van der Waals surface area (Å²) in [7, 11) is 0. The molecule has 0 saturated carbocycles. The summed E-state index contributed by atoms with van der Waals surface area (Å²) in [5.74, 6) is -1.86. The Kier molecular flexibility index (Phi) is 7.46. The van der Waals surface area contributed by atoms with Crippen molar-refractivity contribution in [1.29, 1.82) is 0 Å². The summed E-state index contributed by atoms with van der Waals surface area (Å²) in [4.78, 5) is 28.2. The third kappa shape index (κ3) is 5.70. The molecule has 6 nitrogen and oxygen atoms in total. The lowest BCUT2D eigenvalue weighted by Crippen LogP contribution is -2.35. The summed E-state index contributed by atoms with van der Waals surface area (Å²) < 4.78 is 19.3. The minimum atomic E-state index is -1.03. The van der Waals surface area contributed by atoms with E-state index in [1.807, 2.05) is 5.32 Å². The lowest BCUT2D eigenvalue weighted by molar-refractivity contribution is 0.0963. The number of urea groups is 1. The zero-order chi connectivity index (χ0) is 22.7. The fourth-order valence-electron chi connectivity index (χ4n) is 2.35. The van der Waals surface area contributed by atoms with E-state index in [9.17, 15) is 14.0 Å². The molecule has 0 saturated heterocycles. The van der Waals surface area contributed by atoms with E-state index in [4.69, 9.17) is 62.7 Å². The topological polar surface area (TPSA) is 80.3 Å². The van der Waals surface area contributed by atoms with E-state index in [2.05, 4.69) is 10.3 Å². The summed E-state index contributed by atoms with van der Waals surface area (Å²) >= 11 is 30.0. The molecule has 0 aliphatic rings. The third-order valence-electron chi connectivity index (χ3n) is 3.65. The average molecular weight is 524 g/mol. The van der Waals surface area contributed by atoms with E-state index < -0.39 is 23.3 Å². The number of carbonyl (C=O) groups excluding carboxylic acids is 2. The van der Waals surface area contributed by atoms with Gasteiger partial charge in [-0.25, -0.2) is 14.2 Å². The Morgan fingerprint density at radius 1 is 0.935 bits per heavy atom. The molecular formula is C19H9Cl5FN3O3. The molecular weight excluding hydrogens is 514 g/mol. The molecule has 0 spiro atoms. The highest BCUT2D eigenvalue weighted by molar-refractivity contribution is 6.38. The van der Waals surface area contributed by atoms with Gasteiger partial charge < -0.3 is 10.1 Å². The van der Waals surface area contributed by atoms with Crippen LogP contribution in [-0.4, -0.2) is 16.9 Å². The molecule has 1 heterocycles. The summed E-state index contributed by atoms with van der Waals surface area (Å²) in [6.07, 6.45) is 1.32. The molecule has 0 radical (unpaired) electrons. The van der Waals surface area contributed by atoms with Crippen LogP contribution in [0.25, 0.3) is 0 Å². The first-order valence-corrected chi connectivity index (χ1v) is 10.1. The summed E-state index contributed by atoms with van der Waals surface area (Å²) in [6.45, 7) is 0. The fourth-order valence-corrected chi connectivity index (χ4v) is 3.58. The Bertz CT molecular complexity index is 1150. The Labute approximate surface area is 200 Å². The van der Waals surface area contributed by atoms with Crippen molar-refractivity contribution in [2.45, 2.75) is 0 Å². The van der Waals surface area contributed by atoms with Crippen LogP contribution in [0.2, 0.25) is 25.1 Å². The standard InChI is InChI=1S/C19H9Cl5FN3O3/c20-8-4-13(24)18(26-7-8)31-16-11(22)5-9(6-12(16)23)27-19(30)28-17(29)15-10(21)2-1-3-14(15)25/h1-7H,(H2,27,28,29,30). The van der Waals surface area contributed by atoms with Gasteiger partial charge in [0.25, 0.3) is 5.91 Å². The van der Waals surface area contributed by atoms with Gasteiger partial charge >= 0.3 is 6.03 Å². The lowest BCUT2D eigenvalue weighted by atomic mass is 10.2.